The lowest BCUT2D eigenvalue weighted by Gasteiger charge is -2.16. The molecular formula is C14H25N3O. The molecule has 0 aliphatic carbocycles. The number of nitrogens with zero attached hydrogens (tertiary/aromatic N) is 1. The molecule has 0 aromatic carbocycles. The van der Waals surface area contributed by atoms with Crippen molar-refractivity contribution in [3.63, 3.8) is 0 Å². The van der Waals surface area contributed by atoms with Gasteiger partial charge < -0.3 is 15.8 Å². The van der Waals surface area contributed by atoms with Crippen LogP contribution in [0.15, 0.2) is 12.1 Å². The Balaban J connectivity index is 2.55. The molecule has 1 rings (SSSR count). The minimum Gasteiger partial charge on any atom is -0.481 e. The summed E-state index contributed by atoms with van der Waals surface area (Å²) in [5.41, 5.74) is 6.56. The van der Waals surface area contributed by atoms with Crippen molar-refractivity contribution in [3.8, 4) is 5.88 Å². The van der Waals surface area contributed by atoms with Gasteiger partial charge in [-0.2, -0.15) is 4.98 Å². The van der Waals surface area contributed by atoms with E-state index in [0.717, 1.165) is 12.4 Å². The Bertz CT molecular complexity index is 355. The van der Waals surface area contributed by atoms with Gasteiger partial charge in [-0.15, -0.1) is 0 Å². The lowest BCUT2D eigenvalue weighted by atomic mass is 9.99. The Labute approximate surface area is 110 Å². The largest absolute Gasteiger partial charge is 0.481 e. The van der Waals surface area contributed by atoms with Gasteiger partial charge >= 0.3 is 0 Å². The Hall–Kier alpha value is -1.45. The molecule has 0 spiro atoms. The first-order chi connectivity index (χ1) is 8.71. The Kier molecular flexibility index (Phi) is 6.33. The van der Waals surface area contributed by atoms with E-state index in [1.165, 1.54) is 25.7 Å². The Morgan fingerprint density at radius 2 is 2.17 bits per heavy atom. The zero-order chi connectivity index (χ0) is 13.4. The van der Waals surface area contributed by atoms with E-state index in [4.69, 9.17) is 10.5 Å². The van der Waals surface area contributed by atoms with E-state index in [0.29, 0.717) is 17.5 Å². The van der Waals surface area contributed by atoms with Crippen LogP contribution >= 0.6 is 0 Å². The van der Waals surface area contributed by atoms with E-state index in [1.54, 1.807) is 13.2 Å². The van der Waals surface area contributed by atoms with Crippen LogP contribution in [-0.2, 0) is 0 Å². The van der Waals surface area contributed by atoms with Crippen molar-refractivity contribution in [2.24, 2.45) is 5.92 Å². The summed E-state index contributed by atoms with van der Waals surface area (Å²) in [5, 5.41) is 3.33. The fraction of sp³-hybridized carbons (Fsp3) is 0.643. The maximum Gasteiger partial charge on any atom is 0.215 e. The Morgan fingerprint density at radius 1 is 1.39 bits per heavy atom. The molecular weight excluding hydrogens is 226 g/mol. The van der Waals surface area contributed by atoms with Gasteiger partial charge in [-0.1, -0.05) is 33.1 Å². The summed E-state index contributed by atoms with van der Waals surface area (Å²) in [6, 6.07) is 3.59. The van der Waals surface area contributed by atoms with Crippen LogP contribution in [0.4, 0.5) is 11.5 Å². The fourth-order valence-electron chi connectivity index (χ4n) is 1.89. The molecule has 1 aromatic rings. The molecule has 0 bridgehead atoms. The molecule has 0 aliphatic heterocycles. The quantitative estimate of drug-likeness (QED) is 0.744. The topological polar surface area (TPSA) is 60.2 Å². The molecule has 4 heteroatoms. The third kappa shape index (κ3) is 4.43. The van der Waals surface area contributed by atoms with Crippen molar-refractivity contribution in [3.05, 3.63) is 12.1 Å². The molecule has 1 heterocycles. The predicted octanol–water partition coefficient (Wildman–Crippen LogP) is 3.30. The number of methoxy groups -OCH3 is 1. The van der Waals surface area contributed by atoms with E-state index < -0.39 is 0 Å². The second-order valence-corrected chi connectivity index (χ2v) is 4.59. The molecule has 1 aromatic heterocycles. The molecule has 18 heavy (non-hydrogen) atoms. The van der Waals surface area contributed by atoms with Crippen LogP contribution in [0.5, 0.6) is 5.88 Å². The number of anilines is 2. The van der Waals surface area contributed by atoms with Crippen LogP contribution < -0.4 is 15.8 Å². The first-order valence-corrected chi connectivity index (χ1v) is 6.75. The normalized spacial score (nSPS) is 12.2. The van der Waals surface area contributed by atoms with Crippen molar-refractivity contribution in [1.29, 1.82) is 0 Å². The standard InChI is InChI=1S/C14H25N3O/c1-4-6-7-11(5-2)10-16-14-12(15)8-9-13(17-14)18-3/h8-9,11H,4-7,10,15H2,1-3H3,(H,16,17). The lowest BCUT2D eigenvalue weighted by molar-refractivity contribution is 0.398. The number of hydrogen-bond acceptors (Lipinski definition) is 4. The fourth-order valence-corrected chi connectivity index (χ4v) is 1.89. The van der Waals surface area contributed by atoms with Crippen molar-refractivity contribution in [2.45, 2.75) is 39.5 Å². The molecule has 0 aliphatic rings. The third-order valence-electron chi connectivity index (χ3n) is 3.21. The molecule has 0 saturated carbocycles. The van der Waals surface area contributed by atoms with Crippen LogP contribution in [-0.4, -0.2) is 18.6 Å². The molecule has 3 N–H and O–H groups in total. The minimum absolute atomic E-state index is 0.591. The van der Waals surface area contributed by atoms with Gasteiger partial charge in [-0.25, -0.2) is 0 Å². The minimum atomic E-state index is 0.591. The van der Waals surface area contributed by atoms with Crippen LogP contribution in [0.3, 0.4) is 0 Å². The zero-order valence-electron chi connectivity index (χ0n) is 11.7. The number of aromatic nitrogens is 1. The summed E-state index contributed by atoms with van der Waals surface area (Å²) in [7, 11) is 1.61. The highest BCUT2D eigenvalue weighted by Gasteiger charge is 2.08. The highest BCUT2D eigenvalue weighted by molar-refractivity contribution is 5.61. The summed E-state index contributed by atoms with van der Waals surface area (Å²) < 4.78 is 5.10. The van der Waals surface area contributed by atoms with Gasteiger partial charge in [-0.3, -0.25) is 0 Å². The zero-order valence-corrected chi connectivity index (χ0v) is 11.7. The molecule has 0 fully saturated rings. The van der Waals surface area contributed by atoms with E-state index in [1.807, 2.05) is 6.07 Å². The summed E-state index contributed by atoms with van der Waals surface area (Å²) in [5.74, 6) is 2.00. The van der Waals surface area contributed by atoms with Gasteiger partial charge in [0, 0.05) is 12.6 Å². The number of ether oxygens (including phenoxy) is 1. The number of nitrogen functional groups attached to an aromatic ring is 1. The summed E-state index contributed by atoms with van der Waals surface area (Å²) in [4.78, 5) is 4.32. The molecule has 1 atom stereocenters. The first-order valence-electron chi connectivity index (χ1n) is 6.75. The maximum atomic E-state index is 5.89. The molecule has 4 nitrogen and oxygen atoms in total. The van der Waals surface area contributed by atoms with Crippen LogP contribution in [0, 0.1) is 5.92 Å². The van der Waals surface area contributed by atoms with Crippen LogP contribution in [0.1, 0.15) is 39.5 Å². The van der Waals surface area contributed by atoms with Crippen molar-refractivity contribution in [1.82, 2.24) is 4.98 Å². The summed E-state index contributed by atoms with van der Waals surface area (Å²) in [6.07, 6.45) is 4.96. The van der Waals surface area contributed by atoms with Crippen LogP contribution in [0.2, 0.25) is 0 Å². The lowest BCUT2D eigenvalue weighted by Crippen LogP contribution is -2.15. The third-order valence-corrected chi connectivity index (χ3v) is 3.21. The van der Waals surface area contributed by atoms with Crippen molar-refractivity contribution >= 4 is 11.5 Å². The van der Waals surface area contributed by atoms with E-state index >= 15 is 0 Å². The first kappa shape index (κ1) is 14.6. The predicted molar refractivity (Wildman–Crippen MR) is 77.0 cm³/mol. The number of pyridine rings is 1. The van der Waals surface area contributed by atoms with E-state index in [2.05, 4.69) is 24.1 Å². The van der Waals surface area contributed by atoms with Gasteiger partial charge in [0.05, 0.1) is 12.8 Å². The highest BCUT2D eigenvalue weighted by Crippen LogP contribution is 2.21. The summed E-state index contributed by atoms with van der Waals surface area (Å²) in [6.45, 7) is 5.37. The molecule has 0 radical (unpaired) electrons. The average Bonchev–Trinajstić information content (AvgIpc) is 2.40. The molecule has 0 amide bonds. The number of nitrogens with one attached hydrogen (secondary N) is 1. The smallest absolute Gasteiger partial charge is 0.215 e. The van der Waals surface area contributed by atoms with Gasteiger partial charge in [0.2, 0.25) is 5.88 Å². The van der Waals surface area contributed by atoms with Gasteiger partial charge in [0.25, 0.3) is 0 Å². The van der Waals surface area contributed by atoms with Gasteiger partial charge in [0.1, 0.15) is 0 Å². The molecule has 1 unspecified atom stereocenters. The maximum absolute atomic E-state index is 5.89. The van der Waals surface area contributed by atoms with E-state index in [-0.39, 0.29) is 0 Å². The number of nitrogens with two attached hydrogens (primary N) is 1. The van der Waals surface area contributed by atoms with Crippen molar-refractivity contribution in [2.75, 3.05) is 24.7 Å². The van der Waals surface area contributed by atoms with Gasteiger partial charge in [-0.05, 0) is 18.4 Å². The SMILES string of the molecule is CCCCC(CC)CNc1nc(OC)ccc1N. The van der Waals surface area contributed by atoms with Crippen LogP contribution in [0.25, 0.3) is 0 Å². The highest BCUT2D eigenvalue weighted by atomic mass is 16.5. The Morgan fingerprint density at radius 3 is 2.78 bits per heavy atom. The molecule has 102 valence electrons. The van der Waals surface area contributed by atoms with Gasteiger partial charge in [0.15, 0.2) is 5.82 Å². The second-order valence-electron chi connectivity index (χ2n) is 4.59. The second kappa shape index (κ2) is 7.80. The van der Waals surface area contributed by atoms with Crippen molar-refractivity contribution < 1.29 is 4.74 Å². The average molecular weight is 251 g/mol. The number of hydrogen-bond donors (Lipinski definition) is 2. The monoisotopic (exact) mass is 251 g/mol. The number of unbranched alkanes of at least 4 members (excludes halogenated alkanes) is 1. The summed E-state index contributed by atoms with van der Waals surface area (Å²) >= 11 is 0. The number of rotatable bonds is 8. The molecule has 0 saturated heterocycles. The van der Waals surface area contributed by atoms with E-state index in [9.17, 15) is 0 Å².